The number of nitrogens with one attached hydrogen (secondary N) is 1. The summed E-state index contributed by atoms with van der Waals surface area (Å²) in [6.45, 7) is 4.65. The van der Waals surface area contributed by atoms with Crippen LogP contribution >= 0.6 is 15.9 Å². The highest BCUT2D eigenvalue weighted by Crippen LogP contribution is 2.16. The van der Waals surface area contributed by atoms with Gasteiger partial charge in [0.1, 0.15) is 0 Å². The van der Waals surface area contributed by atoms with Gasteiger partial charge in [0.2, 0.25) is 0 Å². The fraction of sp³-hybridized carbons (Fsp3) is 0.455. The molecular weight excluding hydrogens is 242 g/mol. The summed E-state index contributed by atoms with van der Waals surface area (Å²) < 4.78 is 6.12. The second-order valence-electron chi connectivity index (χ2n) is 3.25. The molecule has 0 aromatic heterocycles. The number of hydrogen-bond acceptors (Lipinski definition) is 2. The van der Waals surface area contributed by atoms with Crippen molar-refractivity contribution in [2.24, 2.45) is 0 Å². The van der Waals surface area contributed by atoms with E-state index in [2.05, 4.69) is 46.4 Å². The van der Waals surface area contributed by atoms with E-state index in [1.807, 2.05) is 0 Å². The molecule has 0 saturated carbocycles. The number of ether oxygens (including phenoxy) is 1. The Balaban J connectivity index is 2.39. The molecule has 0 spiro atoms. The third kappa shape index (κ3) is 3.78. The van der Waals surface area contributed by atoms with Crippen molar-refractivity contribution in [2.75, 3.05) is 20.3 Å². The minimum Gasteiger partial charge on any atom is -0.383 e. The average Bonchev–Trinajstić information content (AvgIpc) is 2.18. The Labute approximate surface area is 93.8 Å². The Morgan fingerprint density at radius 1 is 1.43 bits per heavy atom. The van der Waals surface area contributed by atoms with E-state index >= 15 is 0 Å². The van der Waals surface area contributed by atoms with E-state index in [0.29, 0.717) is 0 Å². The molecule has 1 aromatic rings. The van der Waals surface area contributed by atoms with Crippen molar-refractivity contribution >= 4 is 15.9 Å². The van der Waals surface area contributed by atoms with Gasteiger partial charge in [0.05, 0.1) is 6.61 Å². The second kappa shape index (κ2) is 6.17. The maximum atomic E-state index is 4.95. The highest BCUT2D eigenvalue weighted by molar-refractivity contribution is 9.10. The zero-order chi connectivity index (χ0) is 10.4. The summed E-state index contributed by atoms with van der Waals surface area (Å²) >= 11 is 3.48. The fourth-order valence-electron chi connectivity index (χ4n) is 1.22. The number of rotatable bonds is 5. The lowest BCUT2D eigenvalue weighted by Crippen LogP contribution is -2.18. The summed E-state index contributed by atoms with van der Waals surface area (Å²) in [7, 11) is 1.71. The van der Waals surface area contributed by atoms with Crippen LogP contribution in [-0.2, 0) is 11.3 Å². The van der Waals surface area contributed by atoms with Gasteiger partial charge in [-0.2, -0.15) is 0 Å². The minimum atomic E-state index is 0.759. The summed E-state index contributed by atoms with van der Waals surface area (Å²) in [4.78, 5) is 0. The highest BCUT2D eigenvalue weighted by atomic mass is 79.9. The molecule has 1 N–H and O–H groups in total. The molecule has 1 aromatic carbocycles. The summed E-state index contributed by atoms with van der Waals surface area (Å²) in [6, 6.07) is 6.39. The first-order chi connectivity index (χ1) is 6.74. The molecule has 0 fully saturated rings. The largest absolute Gasteiger partial charge is 0.383 e. The van der Waals surface area contributed by atoms with Gasteiger partial charge in [-0.1, -0.05) is 28.1 Å². The molecule has 78 valence electrons. The van der Waals surface area contributed by atoms with Crippen LogP contribution in [0.3, 0.4) is 0 Å². The lowest BCUT2D eigenvalue weighted by Gasteiger charge is -2.06. The number of benzene rings is 1. The normalized spacial score (nSPS) is 10.5. The van der Waals surface area contributed by atoms with Crippen LogP contribution in [0.25, 0.3) is 0 Å². The molecule has 0 aliphatic rings. The molecule has 0 atom stereocenters. The first kappa shape index (κ1) is 11.7. The zero-order valence-corrected chi connectivity index (χ0v) is 10.2. The van der Waals surface area contributed by atoms with Crippen LogP contribution in [0.5, 0.6) is 0 Å². The molecule has 1 rings (SSSR count). The van der Waals surface area contributed by atoms with Crippen LogP contribution in [0, 0.1) is 6.92 Å². The van der Waals surface area contributed by atoms with Gasteiger partial charge in [-0.15, -0.1) is 0 Å². The lowest BCUT2D eigenvalue weighted by atomic mass is 10.1. The number of aryl methyl sites for hydroxylation is 1. The molecule has 0 aliphatic carbocycles. The molecule has 2 nitrogen and oxygen atoms in total. The Morgan fingerprint density at radius 3 is 2.86 bits per heavy atom. The number of hydrogen-bond donors (Lipinski definition) is 1. The van der Waals surface area contributed by atoms with E-state index in [-0.39, 0.29) is 0 Å². The van der Waals surface area contributed by atoms with Crippen LogP contribution in [0.2, 0.25) is 0 Å². The van der Waals surface area contributed by atoms with Crippen LogP contribution < -0.4 is 5.32 Å². The molecule has 0 amide bonds. The van der Waals surface area contributed by atoms with E-state index < -0.39 is 0 Å². The molecule has 14 heavy (non-hydrogen) atoms. The van der Waals surface area contributed by atoms with E-state index in [1.165, 1.54) is 11.1 Å². The van der Waals surface area contributed by atoms with Gasteiger partial charge in [0.25, 0.3) is 0 Å². The van der Waals surface area contributed by atoms with Crippen molar-refractivity contribution in [3.05, 3.63) is 33.8 Å². The van der Waals surface area contributed by atoms with E-state index in [1.54, 1.807) is 7.11 Å². The Morgan fingerprint density at radius 2 is 2.21 bits per heavy atom. The average molecular weight is 258 g/mol. The fourth-order valence-corrected chi connectivity index (χ4v) is 1.47. The van der Waals surface area contributed by atoms with Crippen LogP contribution in [0.15, 0.2) is 22.7 Å². The Bertz CT molecular complexity index is 289. The zero-order valence-electron chi connectivity index (χ0n) is 8.64. The smallest absolute Gasteiger partial charge is 0.0587 e. The molecule has 0 aliphatic heterocycles. The van der Waals surface area contributed by atoms with Crippen molar-refractivity contribution in [3.8, 4) is 0 Å². The van der Waals surface area contributed by atoms with Gasteiger partial charge in [-0.05, 0) is 24.1 Å². The van der Waals surface area contributed by atoms with Crippen molar-refractivity contribution in [1.82, 2.24) is 5.32 Å². The molecule has 0 radical (unpaired) electrons. The van der Waals surface area contributed by atoms with Crippen LogP contribution in [-0.4, -0.2) is 20.3 Å². The summed E-state index contributed by atoms with van der Waals surface area (Å²) in [5, 5.41) is 3.31. The van der Waals surface area contributed by atoms with Crippen molar-refractivity contribution in [3.63, 3.8) is 0 Å². The third-order valence-corrected chi connectivity index (χ3v) is 2.92. The first-order valence-corrected chi connectivity index (χ1v) is 5.48. The van der Waals surface area contributed by atoms with E-state index in [9.17, 15) is 0 Å². The number of halogens is 1. The van der Waals surface area contributed by atoms with Crippen molar-refractivity contribution < 1.29 is 4.74 Å². The predicted molar refractivity (Wildman–Crippen MR) is 62.5 cm³/mol. The monoisotopic (exact) mass is 257 g/mol. The molecule has 0 unspecified atom stereocenters. The third-order valence-electron chi connectivity index (χ3n) is 2.03. The standard InChI is InChI=1S/C11H16BrNO/c1-9-7-10(3-4-11(9)12)8-13-5-6-14-2/h3-4,7,13H,5-6,8H2,1-2H3. The first-order valence-electron chi connectivity index (χ1n) is 4.68. The van der Waals surface area contributed by atoms with Crippen molar-refractivity contribution in [1.29, 1.82) is 0 Å². The number of methoxy groups -OCH3 is 1. The minimum absolute atomic E-state index is 0.759. The molecule has 0 saturated heterocycles. The van der Waals surface area contributed by atoms with Gasteiger partial charge in [-0.3, -0.25) is 0 Å². The summed E-state index contributed by atoms with van der Waals surface area (Å²) in [5.41, 5.74) is 2.58. The van der Waals surface area contributed by atoms with Crippen LogP contribution in [0.4, 0.5) is 0 Å². The Hall–Kier alpha value is -0.380. The molecular formula is C11H16BrNO. The van der Waals surface area contributed by atoms with Gasteiger partial charge >= 0.3 is 0 Å². The maximum Gasteiger partial charge on any atom is 0.0587 e. The summed E-state index contributed by atoms with van der Waals surface area (Å²) in [5.74, 6) is 0. The summed E-state index contributed by atoms with van der Waals surface area (Å²) in [6.07, 6.45) is 0. The maximum absolute atomic E-state index is 4.95. The Kier molecular flexibility index (Phi) is 5.15. The van der Waals surface area contributed by atoms with Gasteiger partial charge in [-0.25, -0.2) is 0 Å². The molecule has 0 heterocycles. The lowest BCUT2D eigenvalue weighted by molar-refractivity contribution is 0.199. The van der Waals surface area contributed by atoms with Gasteiger partial charge in [0.15, 0.2) is 0 Å². The van der Waals surface area contributed by atoms with Crippen molar-refractivity contribution in [2.45, 2.75) is 13.5 Å². The highest BCUT2D eigenvalue weighted by Gasteiger charge is 1.96. The quantitative estimate of drug-likeness (QED) is 0.819. The van der Waals surface area contributed by atoms with E-state index in [4.69, 9.17) is 4.74 Å². The molecule has 3 heteroatoms. The topological polar surface area (TPSA) is 21.3 Å². The SMILES string of the molecule is COCCNCc1ccc(Br)c(C)c1. The van der Waals surface area contributed by atoms with Gasteiger partial charge in [0, 0.05) is 24.7 Å². The second-order valence-corrected chi connectivity index (χ2v) is 4.11. The van der Waals surface area contributed by atoms with E-state index in [0.717, 1.165) is 24.2 Å². The van der Waals surface area contributed by atoms with Gasteiger partial charge < -0.3 is 10.1 Å². The molecule has 0 bridgehead atoms. The predicted octanol–water partition coefficient (Wildman–Crippen LogP) is 2.49. The van der Waals surface area contributed by atoms with Crippen LogP contribution in [0.1, 0.15) is 11.1 Å².